The minimum absolute atomic E-state index is 0.179. The molecule has 0 radical (unpaired) electrons. The summed E-state index contributed by atoms with van der Waals surface area (Å²) in [6.07, 6.45) is -1.59. The van der Waals surface area contributed by atoms with Gasteiger partial charge in [-0.25, -0.2) is 4.39 Å². The molecule has 1 aliphatic carbocycles. The van der Waals surface area contributed by atoms with Crippen LogP contribution in [0.15, 0.2) is 66.7 Å². The van der Waals surface area contributed by atoms with Gasteiger partial charge in [0.1, 0.15) is 5.82 Å². The molecule has 1 aliphatic rings. The number of carbonyl (C=O) groups is 1. The van der Waals surface area contributed by atoms with Gasteiger partial charge in [-0.1, -0.05) is 48.9 Å². The van der Waals surface area contributed by atoms with Crippen LogP contribution in [-0.2, 0) is 11.0 Å². The maximum absolute atomic E-state index is 14.2. The van der Waals surface area contributed by atoms with E-state index in [1.807, 2.05) is 12.1 Å². The molecule has 1 aromatic heterocycles. The Labute approximate surface area is 204 Å². The van der Waals surface area contributed by atoms with E-state index >= 15 is 0 Å². The highest BCUT2D eigenvalue weighted by molar-refractivity contribution is 7.13. The van der Waals surface area contributed by atoms with Crippen LogP contribution in [0.3, 0.4) is 0 Å². The number of nitrogens with one attached hydrogen (secondary N) is 1. The van der Waals surface area contributed by atoms with Gasteiger partial charge in [-0.2, -0.15) is 17.5 Å². The number of carbonyl (C=O) groups excluding carboxylic acids is 1. The summed E-state index contributed by atoms with van der Waals surface area (Å²) in [6, 6.07) is 18.5. The van der Waals surface area contributed by atoms with E-state index in [0.29, 0.717) is 18.9 Å². The van der Waals surface area contributed by atoms with E-state index in [0.717, 1.165) is 51.9 Å². The highest BCUT2D eigenvalue weighted by Crippen LogP contribution is 2.38. The number of halogens is 4. The molecule has 2 unspecified atom stereocenters. The smallest absolute Gasteiger partial charge is 0.323 e. The van der Waals surface area contributed by atoms with Crippen LogP contribution in [-0.4, -0.2) is 10.3 Å². The van der Waals surface area contributed by atoms with Crippen LogP contribution in [0.25, 0.3) is 21.3 Å². The monoisotopic (exact) mass is 498 g/mol. The fourth-order valence-corrected chi connectivity index (χ4v) is 5.56. The van der Waals surface area contributed by atoms with Crippen LogP contribution in [0.1, 0.15) is 42.7 Å². The van der Waals surface area contributed by atoms with Crippen molar-refractivity contribution in [1.82, 2.24) is 4.37 Å². The second-order valence-corrected chi connectivity index (χ2v) is 9.70. The highest BCUT2D eigenvalue weighted by Gasteiger charge is 2.32. The molecule has 1 amide bonds. The number of fused-ring (bicyclic) bond motifs is 1. The van der Waals surface area contributed by atoms with Crippen molar-refractivity contribution >= 4 is 33.2 Å². The van der Waals surface area contributed by atoms with Crippen molar-refractivity contribution in [2.24, 2.45) is 5.92 Å². The second-order valence-electron chi connectivity index (χ2n) is 8.89. The van der Waals surface area contributed by atoms with Crippen LogP contribution in [0.2, 0.25) is 0 Å². The molecule has 5 rings (SSSR count). The average Bonchev–Trinajstić information content (AvgIpc) is 3.29. The SMILES string of the molecule is O=C(Nc1ccc(C(F)(F)F)cc1F)C1CCCC(c2ccc(-c3nsc4ccccc34)cc2)C1. The Hall–Kier alpha value is -3.26. The molecular weight excluding hydrogens is 476 g/mol. The van der Waals surface area contributed by atoms with Gasteiger partial charge in [-0.15, -0.1) is 0 Å². The maximum atomic E-state index is 14.2. The van der Waals surface area contributed by atoms with Crippen molar-refractivity contribution < 1.29 is 22.4 Å². The lowest BCUT2D eigenvalue weighted by Crippen LogP contribution is -2.28. The normalized spacial score (nSPS) is 18.5. The van der Waals surface area contributed by atoms with Crippen LogP contribution >= 0.6 is 11.5 Å². The van der Waals surface area contributed by atoms with Crippen LogP contribution in [0.4, 0.5) is 23.2 Å². The number of hydrogen-bond acceptors (Lipinski definition) is 3. The standard InChI is InChI=1S/C27H22F4N2OS/c28-22-15-20(27(29,30)31)12-13-23(22)32-26(34)19-5-3-4-18(14-19)16-8-10-17(11-9-16)25-21-6-1-2-7-24(21)35-33-25/h1-2,6-13,15,18-19H,3-5,14H2,(H,32,34). The van der Waals surface area contributed by atoms with Crippen molar-refractivity contribution in [3.63, 3.8) is 0 Å². The number of anilines is 1. The van der Waals surface area contributed by atoms with Crippen molar-refractivity contribution in [3.8, 4) is 11.3 Å². The summed E-state index contributed by atoms with van der Waals surface area (Å²) in [5, 5.41) is 3.61. The fraction of sp³-hybridized carbons (Fsp3) is 0.259. The number of benzene rings is 3. The third kappa shape index (κ3) is 4.93. The van der Waals surface area contributed by atoms with Gasteiger partial charge in [0.05, 0.1) is 21.6 Å². The van der Waals surface area contributed by atoms with Gasteiger partial charge in [0, 0.05) is 16.9 Å². The molecule has 35 heavy (non-hydrogen) atoms. The second kappa shape index (κ2) is 9.41. The first-order valence-corrected chi connectivity index (χ1v) is 12.2. The predicted molar refractivity (Wildman–Crippen MR) is 130 cm³/mol. The molecule has 1 fully saturated rings. The van der Waals surface area contributed by atoms with Crippen molar-refractivity contribution in [1.29, 1.82) is 0 Å². The molecule has 3 nitrogen and oxygen atoms in total. The molecule has 2 atom stereocenters. The van der Waals surface area contributed by atoms with Gasteiger partial charge < -0.3 is 5.32 Å². The van der Waals surface area contributed by atoms with Gasteiger partial charge in [0.2, 0.25) is 5.91 Å². The first-order valence-electron chi connectivity index (χ1n) is 11.4. The molecule has 1 heterocycles. The third-order valence-corrected chi connectivity index (χ3v) is 7.46. The first-order chi connectivity index (χ1) is 16.8. The van der Waals surface area contributed by atoms with E-state index in [9.17, 15) is 22.4 Å². The minimum Gasteiger partial charge on any atom is -0.323 e. The molecule has 4 aromatic rings. The highest BCUT2D eigenvalue weighted by atomic mass is 32.1. The number of rotatable bonds is 4. The molecule has 0 spiro atoms. The summed E-state index contributed by atoms with van der Waals surface area (Å²) in [6.45, 7) is 0. The average molecular weight is 499 g/mol. The van der Waals surface area contributed by atoms with Gasteiger partial charge in [0.15, 0.2) is 0 Å². The van der Waals surface area contributed by atoms with Gasteiger partial charge in [-0.3, -0.25) is 4.79 Å². The van der Waals surface area contributed by atoms with Gasteiger partial charge in [0.25, 0.3) is 0 Å². The third-order valence-electron chi connectivity index (χ3n) is 6.63. The Balaban J connectivity index is 1.27. The number of amides is 1. The van der Waals surface area contributed by atoms with Crippen molar-refractivity contribution in [3.05, 3.63) is 83.7 Å². The number of alkyl halides is 3. The largest absolute Gasteiger partial charge is 0.416 e. The topological polar surface area (TPSA) is 42.0 Å². The molecule has 8 heteroatoms. The number of aromatic nitrogens is 1. The molecule has 180 valence electrons. The zero-order valence-electron chi connectivity index (χ0n) is 18.6. The molecule has 0 saturated heterocycles. The van der Waals surface area contributed by atoms with Gasteiger partial charge >= 0.3 is 6.18 Å². The summed E-state index contributed by atoms with van der Waals surface area (Å²) in [5.41, 5.74) is 1.81. The molecule has 0 aliphatic heterocycles. The maximum Gasteiger partial charge on any atom is 0.416 e. The molecule has 1 saturated carbocycles. The quantitative estimate of drug-likeness (QED) is 0.289. The lowest BCUT2D eigenvalue weighted by atomic mass is 9.77. The van der Waals surface area contributed by atoms with Crippen LogP contribution in [0, 0.1) is 11.7 Å². The lowest BCUT2D eigenvalue weighted by Gasteiger charge is -2.29. The van der Waals surface area contributed by atoms with E-state index in [1.54, 1.807) is 0 Å². The Kier molecular flexibility index (Phi) is 6.32. The van der Waals surface area contributed by atoms with E-state index < -0.39 is 17.6 Å². The number of hydrogen-bond donors (Lipinski definition) is 1. The van der Waals surface area contributed by atoms with Crippen LogP contribution < -0.4 is 5.32 Å². The predicted octanol–water partition coefficient (Wildman–Crippen LogP) is 8.03. The Morgan fingerprint density at radius 3 is 2.51 bits per heavy atom. The summed E-state index contributed by atoms with van der Waals surface area (Å²) < 4.78 is 58.2. The molecular formula is C27H22F4N2OS. The van der Waals surface area contributed by atoms with E-state index in [4.69, 9.17) is 0 Å². The first kappa shape index (κ1) is 23.5. The summed E-state index contributed by atoms with van der Waals surface area (Å²) in [7, 11) is 0. The number of nitrogens with zero attached hydrogens (tertiary/aromatic N) is 1. The zero-order valence-corrected chi connectivity index (χ0v) is 19.4. The van der Waals surface area contributed by atoms with Crippen molar-refractivity contribution in [2.75, 3.05) is 5.32 Å². The van der Waals surface area contributed by atoms with Gasteiger partial charge in [-0.05, 0) is 66.5 Å². The summed E-state index contributed by atoms with van der Waals surface area (Å²) in [5.74, 6) is -1.61. The Morgan fingerprint density at radius 1 is 1.00 bits per heavy atom. The van der Waals surface area contributed by atoms with E-state index in [1.165, 1.54) is 11.5 Å². The molecule has 1 N–H and O–H groups in total. The Morgan fingerprint density at radius 2 is 1.77 bits per heavy atom. The van der Waals surface area contributed by atoms with Crippen molar-refractivity contribution in [2.45, 2.75) is 37.8 Å². The lowest BCUT2D eigenvalue weighted by molar-refractivity contribution is -0.137. The van der Waals surface area contributed by atoms with Crippen LogP contribution in [0.5, 0.6) is 0 Å². The zero-order chi connectivity index (χ0) is 24.6. The van der Waals surface area contributed by atoms with E-state index in [2.05, 4.69) is 46.1 Å². The van der Waals surface area contributed by atoms with E-state index in [-0.39, 0.29) is 23.4 Å². The summed E-state index contributed by atoms with van der Waals surface area (Å²) >= 11 is 1.47. The fourth-order valence-electron chi connectivity index (χ4n) is 4.77. The summed E-state index contributed by atoms with van der Waals surface area (Å²) in [4.78, 5) is 12.8. The molecule has 3 aromatic carbocycles. The molecule has 0 bridgehead atoms. The minimum atomic E-state index is -4.64. The Bertz CT molecular complexity index is 1360.